The molecule has 0 unspecified atom stereocenters. The predicted molar refractivity (Wildman–Crippen MR) is 105 cm³/mol. The van der Waals surface area contributed by atoms with Crippen molar-refractivity contribution in [3.63, 3.8) is 0 Å². The zero-order chi connectivity index (χ0) is 18.8. The van der Waals surface area contributed by atoms with Crippen molar-refractivity contribution in [2.24, 2.45) is 0 Å². The zero-order valence-electron chi connectivity index (χ0n) is 16.8. The van der Waals surface area contributed by atoms with E-state index in [1.165, 1.54) is 16.7 Å². The van der Waals surface area contributed by atoms with E-state index in [1.54, 1.807) is 14.2 Å². The molecule has 5 rings (SSSR count). The van der Waals surface area contributed by atoms with Crippen LogP contribution in [0.15, 0.2) is 35.6 Å². The molecule has 0 aromatic heterocycles. The van der Waals surface area contributed by atoms with Crippen LogP contribution in [0.4, 0.5) is 0 Å². The van der Waals surface area contributed by atoms with Gasteiger partial charge in [0, 0.05) is 11.6 Å². The van der Waals surface area contributed by atoms with E-state index >= 15 is 0 Å². The van der Waals surface area contributed by atoms with Gasteiger partial charge in [-0.2, -0.15) is 0 Å². The number of benzene rings is 1. The maximum atomic E-state index is 6.95. The Balaban J connectivity index is 1.84. The van der Waals surface area contributed by atoms with Crippen LogP contribution in [0.1, 0.15) is 43.7 Å². The Labute approximate surface area is 161 Å². The second-order valence-electron chi connectivity index (χ2n) is 8.38. The van der Waals surface area contributed by atoms with Gasteiger partial charge in [-0.25, -0.2) is 0 Å². The lowest BCUT2D eigenvalue weighted by molar-refractivity contribution is -0.0209. The lowest BCUT2D eigenvalue weighted by atomic mass is 9.51. The van der Waals surface area contributed by atoms with Crippen molar-refractivity contribution in [2.75, 3.05) is 27.8 Å². The van der Waals surface area contributed by atoms with Gasteiger partial charge in [-0.05, 0) is 62.6 Å². The Morgan fingerprint density at radius 2 is 2.07 bits per heavy atom. The molecular formula is C23H29NO3. The Bertz CT molecular complexity index is 857. The summed E-state index contributed by atoms with van der Waals surface area (Å²) in [6.07, 6.45) is 9.81. The molecule has 1 fully saturated rings. The molecule has 144 valence electrons. The van der Waals surface area contributed by atoms with E-state index in [9.17, 15) is 0 Å². The summed E-state index contributed by atoms with van der Waals surface area (Å²) in [6, 6.07) is 4.77. The van der Waals surface area contributed by atoms with Crippen LogP contribution in [-0.4, -0.2) is 44.4 Å². The van der Waals surface area contributed by atoms with Gasteiger partial charge in [0.15, 0.2) is 17.1 Å². The van der Waals surface area contributed by atoms with E-state index in [0.717, 1.165) is 55.9 Å². The minimum atomic E-state index is -0.451. The Morgan fingerprint density at radius 3 is 2.81 bits per heavy atom. The van der Waals surface area contributed by atoms with Gasteiger partial charge in [0.25, 0.3) is 0 Å². The van der Waals surface area contributed by atoms with Gasteiger partial charge in [-0.15, -0.1) is 0 Å². The van der Waals surface area contributed by atoms with Crippen LogP contribution in [0.25, 0.3) is 0 Å². The number of methoxy groups -OCH3 is 2. The summed E-state index contributed by atoms with van der Waals surface area (Å²) in [7, 11) is 5.78. The van der Waals surface area contributed by atoms with E-state index in [1.807, 2.05) is 0 Å². The van der Waals surface area contributed by atoms with E-state index in [-0.39, 0.29) is 5.41 Å². The highest BCUT2D eigenvalue weighted by atomic mass is 16.6. The first-order valence-corrected chi connectivity index (χ1v) is 10.2. The van der Waals surface area contributed by atoms with Crippen LogP contribution in [-0.2, 0) is 16.6 Å². The Kier molecular flexibility index (Phi) is 3.68. The summed E-state index contributed by atoms with van der Waals surface area (Å²) in [4.78, 5) is 2.51. The largest absolute Gasteiger partial charge is 0.497 e. The molecule has 2 aliphatic heterocycles. The normalized spacial score (nSPS) is 33.0. The van der Waals surface area contributed by atoms with Gasteiger partial charge in [0.1, 0.15) is 5.76 Å². The standard InChI is InChI=1S/C23H29NO3/c1-5-6-11-23-19(26-4)10-8-16-17-14-15-7-9-18(25-3)21(27-23)20(15)22(16,23)12-13-24(17)2/h7-10,17H,5-6,11-14H2,1-4H3/t17-,22-,23-/m0/s1. The molecular weight excluding hydrogens is 338 g/mol. The van der Waals surface area contributed by atoms with Crippen molar-refractivity contribution in [2.45, 2.75) is 56.1 Å². The summed E-state index contributed by atoms with van der Waals surface area (Å²) in [5, 5.41) is 0. The molecule has 0 saturated carbocycles. The molecule has 4 heteroatoms. The van der Waals surface area contributed by atoms with Crippen LogP contribution in [0.3, 0.4) is 0 Å². The third kappa shape index (κ3) is 1.87. The highest BCUT2D eigenvalue weighted by Crippen LogP contribution is 2.67. The minimum absolute atomic E-state index is 0.128. The average molecular weight is 367 g/mol. The van der Waals surface area contributed by atoms with E-state index in [0.29, 0.717) is 6.04 Å². The second kappa shape index (κ2) is 5.78. The number of rotatable bonds is 5. The molecule has 1 spiro atoms. The quantitative estimate of drug-likeness (QED) is 0.788. The third-order valence-corrected chi connectivity index (χ3v) is 7.37. The highest BCUT2D eigenvalue weighted by Gasteiger charge is 2.69. The summed E-state index contributed by atoms with van der Waals surface area (Å²) in [5.41, 5.74) is 3.71. The van der Waals surface area contributed by atoms with Crippen molar-refractivity contribution in [3.05, 3.63) is 46.7 Å². The molecule has 27 heavy (non-hydrogen) atoms. The third-order valence-electron chi connectivity index (χ3n) is 7.37. The number of hydrogen-bond donors (Lipinski definition) is 0. The number of ether oxygens (including phenoxy) is 3. The molecule has 2 bridgehead atoms. The van der Waals surface area contributed by atoms with Gasteiger partial charge in [0.05, 0.1) is 19.6 Å². The molecule has 4 aliphatic rings. The molecule has 0 radical (unpaired) electrons. The van der Waals surface area contributed by atoms with Crippen molar-refractivity contribution in [1.82, 2.24) is 4.90 Å². The van der Waals surface area contributed by atoms with Crippen LogP contribution in [0.5, 0.6) is 11.5 Å². The zero-order valence-corrected chi connectivity index (χ0v) is 16.8. The van der Waals surface area contributed by atoms with Crippen molar-refractivity contribution < 1.29 is 14.2 Å². The number of unbranched alkanes of at least 4 members (excludes halogenated alkanes) is 1. The van der Waals surface area contributed by atoms with E-state index < -0.39 is 5.60 Å². The fourth-order valence-corrected chi connectivity index (χ4v) is 6.17. The summed E-state index contributed by atoms with van der Waals surface area (Å²) in [5.74, 6) is 2.76. The van der Waals surface area contributed by atoms with Gasteiger partial charge in [-0.3, -0.25) is 4.90 Å². The lowest BCUT2D eigenvalue weighted by Gasteiger charge is -2.57. The molecule has 1 aromatic carbocycles. The number of allylic oxidation sites excluding steroid dienone is 2. The molecule has 1 aromatic rings. The number of nitrogens with zero attached hydrogens (tertiary/aromatic N) is 1. The summed E-state index contributed by atoms with van der Waals surface area (Å²) < 4.78 is 18.7. The molecule has 2 heterocycles. The molecule has 1 saturated heterocycles. The summed E-state index contributed by atoms with van der Waals surface area (Å²) in [6.45, 7) is 3.32. The van der Waals surface area contributed by atoms with Crippen LogP contribution >= 0.6 is 0 Å². The summed E-state index contributed by atoms with van der Waals surface area (Å²) >= 11 is 0. The number of piperidine rings is 1. The van der Waals surface area contributed by atoms with E-state index in [2.05, 4.69) is 43.2 Å². The molecule has 3 atom stereocenters. The Hall–Kier alpha value is -1.94. The van der Waals surface area contributed by atoms with Crippen LogP contribution in [0.2, 0.25) is 0 Å². The van der Waals surface area contributed by atoms with Crippen molar-refractivity contribution >= 4 is 0 Å². The number of likely N-dealkylation sites (N-methyl/N-ethyl adjacent to an activating group) is 1. The van der Waals surface area contributed by atoms with Crippen LogP contribution in [0, 0.1) is 0 Å². The fourth-order valence-electron chi connectivity index (χ4n) is 6.17. The van der Waals surface area contributed by atoms with E-state index in [4.69, 9.17) is 14.2 Å². The average Bonchev–Trinajstić information content (AvgIpc) is 2.99. The second-order valence-corrected chi connectivity index (χ2v) is 8.38. The topological polar surface area (TPSA) is 30.9 Å². The first-order valence-electron chi connectivity index (χ1n) is 10.2. The monoisotopic (exact) mass is 367 g/mol. The molecule has 4 nitrogen and oxygen atoms in total. The fraction of sp³-hybridized carbons (Fsp3) is 0.565. The van der Waals surface area contributed by atoms with Gasteiger partial charge >= 0.3 is 0 Å². The number of likely N-dealkylation sites (tertiary alicyclic amines) is 1. The number of hydrogen-bond acceptors (Lipinski definition) is 4. The van der Waals surface area contributed by atoms with Crippen molar-refractivity contribution in [1.29, 1.82) is 0 Å². The molecule has 2 aliphatic carbocycles. The highest BCUT2D eigenvalue weighted by molar-refractivity contribution is 5.69. The molecule has 0 N–H and O–H groups in total. The maximum Gasteiger partial charge on any atom is 0.179 e. The first kappa shape index (κ1) is 17.2. The van der Waals surface area contributed by atoms with Gasteiger partial charge in [-0.1, -0.05) is 25.5 Å². The molecule has 0 amide bonds. The van der Waals surface area contributed by atoms with Crippen molar-refractivity contribution in [3.8, 4) is 11.5 Å². The van der Waals surface area contributed by atoms with Gasteiger partial charge < -0.3 is 14.2 Å². The Morgan fingerprint density at radius 1 is 1.22 bits per heavy atom. The lowest BCUT2D eigenvalue weighted by Crippen LogP contribution is -2.64. The smallest absolute Gasteiger partial charge is 0.179 e. The first-order chi connectivity index (χ1) is 13.1. The van der Waals surface area contributed by atoms with Crippen LogP contribution < -0.4 is 9.47 Å². The SMILES string of the molecule is CCCC[C@@]12Oc3c(OC)ccc4c3[C@@]13CCN(C)[C@@H](C4)C3=CC=C2OC. The van der Waals surface area contributed by atoms with Gasteiger partial charge in [0.2, 0.25) is 0 Å². The minimum Gasteiger partial charge on any atom is -0.497 e. The maximum absolute atomic E-state index is 6.95. The predicted octanol–water partition coefficient (Wildman–Crippen LogP) is 3.98.